The van der Waals surface area contributed by atoms with Gasteiger partial charge in [0.25, 0.3) is 0 Å². The maximum absolute atomic E-state index is 10.5. The Bertz CT molecular complexity index is 845. The molecular weight excluding hydrogens is 312 g/mol. The summed E-state index contributed by atoms with van der Waals surface area (Å²) in [6, 6.07) is 13.7. The molecule has 122 valence electrons. The van der Waals surface area contributed by atoms with Gasteiger partial charge in [-0.05, 0) is 24.3 Å². The highest BCUT2D eigenvalue weighted by atomic mass is 16.5. The van der Waals surface area contributed by atoms with Gasteiger partial charge in [0.1, 0.15) is 22.9 Å². The van der Waals surface area contributed by atoms with Crippen molar-refractivity contribution in [1.29, 1.82) is 0 Å². The number of hydrogen-bond donors (Lipinski definition) is 3. The van der Waals surface area contributed by atoms with Gasteiger partial charge in [0.2, 0.25) is 0 Å². The second kappa shape index (κ2) is 6.74. The van der Waals surface area contributed by atoms with Crippen LogP contribution in [0.4, 0.5) is 0 Å². The lowest BCUT2D eigenvalue weighted by Gasteiger charge is -2.09. The molecule has 0 unspecified atom stereocenters. The monoisotopic (exact) mass is 326 g/mol. The van der Waals surface area contributed by atoms with Crippen LogP contribution in [-0.4, -0.2) is 33.0 Å². The normalized spacial score (nSPS) is 10.3. The van der Waals surface area contributed by atoms with E-state index in [1.807, 2.05) is 18.2 Å². The van der Waals surface area contributed by atoms with E-state index in [-0.39, 0.29) is 11.5 Å². The third-order valence-electron chi connectivity index (χ3n) is 3.18. The van der Waals surface area contributed by atoms with E-state index in [4.69, 9.17) is 14.6 Å². The lowest BCUT2D eigenvalue weighted by atomic mass is 10.1. The van der Waals surface area contributed by atoms with Gasteiger partial charge < -0.3 is 19.7 Å². The number of phenolic OH excluding ortho intramolecular Hbond substituents is 1. The Morgan fingerprint density at radius 2 is 1.92 bits per heavy atom. The molecular formula is C17H14N2O5. The van der Waals surface area contributed by atoms with Crippen LogP contribution in [0.1, 0.15) is 0 Å². The number of ether oxygens (including phenoxy) is 2. The van der Waals surface area contributed by atoms with Gasteiger partial charge in [-0.15, -0.1) is 0 Å². The molecule has 3 rings (SSSR count). The lowest BCUT2D eigenvalue weighted by molar-refractivity contribution is -0.139. The number of aliphatic carboxylic acids is 1. The zero-order valence-electron chi connectivity index (χ0n) is 12.5. The van der Waals surface area contributed by atoms with Gasteiger partial charge in [-0.1, -0.05) is 18.2 Å². The van der Waals surface area contributed by atoms with Crippen LogP contribution in [0.15, 0.2) is 54.7 Å². The van der Waals surface area contributed by atoms with E-state index in [9.17, 15) is 9.90 Å². The van der Waals surface area contributed by atoms with Crippen LogP contribution >= 0.6 is 0 Å². The molecule has 1 heterocycles. The Labute approximate surface area is 137 Å². The summed E-state index contributed by atoms with van der Waals surface area (Å²) in [7, 11) is 0. The van der Waals surface area contributed by atoms with Gasteiger partial charge in [0.15, 0.2) is 12.4 Å². The first-order chi connectivity index (χ1) is 11.6. The number of carboxylic acids is 1. The maximum atomic E-state index is 10.5. The standard InChI is InChI=1S/C17H14N2O5/c20-14-8-12(23-10-16(21)22)6-7-13(14)17-15(9-18-19-17)24-11-4-2-1-3-5-11/h1-9,20H,10H2,(H,18,19)(H,21,22). The van der Waals surface area contributed by atoms with Gasteiger partial charge in [-0.2, -0.15) is 5.10 Å². The summed E-state index contributed by atoms with van der Waals surface area (Å²) < 4.78 is 10.8. The van der Waals surface area contributed by atoms with Crippen LogP contribution in [-0.2, 0) is 4.79 Å². The van der Waals surface area contributed by atoms with Crippen molar-refractivity contribution in [1.82, 2.24) is 10.2 Å². The van der Waals surface area contributed by atoms with E-state index < -0.39 is 12.6 Å². The molecule has 0 amide bonds. The molecule has 3 N–H and O–H groups in total. The number of H-pyrrole nitrogens is 1. The Balaban J connectivity index is 1.85. The largest absolute Gasteiger partial charge is 0.507 e. The highest BCUT2D eigenvalue weighted by molar-refractivity contribution is 5.73. The molecule has 1 aromatic heterocycles. The van der Waals surface area contributed by atoms with Crippen molar-refractivity contribution in [3.8, 4) is 34.3 Å². The van der Waals surface area contributed by atoms with Crippen molar-refractivity contribution in [3.05, 3.63) is 54.7 Å². The first-order valence-corrected chi connectivity index (χ1v) is 7.08. The number of aromatic hydroxyl groups is 1. The van der Waals surface area contributed by atoms with Crippen molar-refractivity contribution >= 4 is 5.97 Å². The molecule has 0 saturated heterocycles. The second-order valence-electron chi connectivity index (χ2n) is 4.89. The van der Waals surface area contributed by atoms with Crippen molar-refractivity contribution < 1.29 is 24.5 Å². The van der Waals surface area contributed by atoms with Crippen LogP contribution in [0.5, 0.6) is 23.0 Å². The van der Waals surface area contributed by atoms with Crippen molar-refractivity contribution in [2.24, 2.45) is 0 Å². The quantitative estimate of drug-likeness (QED) is 0.643. The maximum Gasteiger partial charge on any atom is 0.341 e. The number of benzene rings is 2. The topological polar surface area (TPSA) is 105 Å². The summed E-state index contributed by atoms with van der Waals surface area (Å²) in [5.41, 5.74) is 0.960. The van der Waals surface area contributed by atoms with Crippen molar-refractivity contribution in [2.45, 2.75) is 0 Å². The van der Waals surface area contributed by atoms with E-state index in [1.54, 1.807) is 24.3 Å². The van der Waals surface area contributed by atoms with Crippen molar-refractivity contribution in [3.63, 3.8) is 0 Å². The van der Waals surface area contributed by atoms with Crippen LogP contribution in [0.2, 0.25) is 0 Å². The predicted molar refractivity (Wildman–Crippen MR) is 85.3 cm³/mol. The molecule has 0 aliphatic heterocycles. The second-order valence-corrected chi connectivity index (χ2v) is 4.89. The number of carbonyl (C=O) groups is 1. The number of rotatable bonds is 6. The molecule has 3 aromatic rings. The Morgan fingerprint density at radius 3 is 2.62 bits per heavy atom. The Kier molecular flexibility index (Phi) is 4.33. The van der Waals surface area contributed by atoms with Gasteiger partial charge in [0, 0.05) is 11.6 Å². The molecule has 0 fully saturated rings. The summed E-state index contributed by atoms with van der Waals surface area (Å²) >= 11 is 0. The number of para-hydroxylation sites is 1. The number of nitrogens with zero attached hydrogens (tertiary/aromatic N) is 1. The molecule has 0 bridgehead atoms. The molecule has 0 saturated carbocycles. The molecule has 0 radical (unpaired) electrons. The number of hydrogen-bond acceptors (Lipinski definition) is 5. The average Bonchev–Trinajstić information content (AvgIpc) is 3.02. The average molecular weight is 326 g/mol. The lowest BCUT2D eigenvalue weighted by Crippen LogP contribution is -2.09. The Morgan fingerprint density at radius 1 is 1.12 bits per heavy atom. The molecule has 24 heavy (non-hydrogen) atoms. The highest BCUT2D eigenvalue weighted by Gasteiger charge is 2.15. The first-order valence-electron chi connectivity index (χ1n) is 7.08. The van der Waals surface area contributed by atoms with E-state index in [1.165, 1.54) is 12.3 Å². The molecule has 0 atom stereocenters. The fourth-order valence-electron chi connectivity index (χ4n) is 2.12. The number of aromatic amines is 1. The van der Waals surface area contributed by atoms with Crippen LogP contribution in [0.3, 0.4) is 0 Å². The molecule has 7 heteroatoms. The van der Waals surface area contributed by atoms with Crippen LogP contribution < -0.4 is 9.47 Å². The van der Waals surface area contributed by atoms with Crippen molar-refractivity contribution in [2.75, 3.05) is 6.61 Å². The number of phenols is 1. The van der Waals surface area contributed by atoms with Crippen LogP contribution in [0, 0.1) is 0 Å². The summed E-state index contributed by atoms with van der Waals surface area (Å²) in [6.07, 6.45) is 1.51. The summed E-state index contributed by atoms with van der Waals surface area (Å²) in [5.74, 6) is 0.172. The molecule has 0 aliphatic rings. The van der Waals surface area contributed by atoms with Crippen LogP contribution in [0.25, 0.3) is 11.3 Å². The zero-order valence-corrected chi connectivity index (χ0v) is 12.5. The number of nitrogens with one attached hydrogen (secondary N) is 1. The molecule has 7 nitrogen and oxygen atoms in total. The highest BCUT2D eigenvalue weighted by Crippen LogP contribution is 2.37. The first kappa shape index (κ1) is 15.4. The smallest absolute Gasteiger partial charge is 0.341 e. The van der Waals surface area contributed by atoms with Gasteiger partial charge in [-0.25, -0.2) is 4.79 Å². The van der Waals surface area contributed by atoms with E-state index >= 15 is 0 Å². The SMILES string of the molecule is O=C(O)COc1ccc(-c2[nH]ncc2Oc2ccccc2)c(O)c1. The number of aromatic nitrogens is 2. The summed E-state index contributed by atoms with van der Waals surface area (Å²) in [4.78, 5) is 10.5. The molecule has 0 aliphatic carbocycles. The Hall–Kier alpha value is -3.48. The predicted octanol–water partition coefficient (Wildman–Crippen LogP) is 3.04. The zero-order chi connectivity index (χ0) is 16.9. The van der Waals surface area contributed by atoms with Gasteiger partial charge >= 0.3 is 5.97 Å². The van der Waals surface area contributed by atoms with E-state index in [2.05, 4.69) is 10.2 Å². The summed E-state index contributed by atoms with van der Waals surface area (Å²) in [6.45, 7) is -0.481. The third-order valence-corrected chi connectivity index (χ3v) is 3.18. The van der Waals surface area contributed by atoms with E-state index in [0.29, 0.717) is 22.8 Å². The van der Waals surface area contributed by atoms with E-state index in [0.717, 1.165) is 0 Å². The molecule has 2 aromatic carbocycles. The minimum Gasteiger partial charge on any atom is -0.507 e. The van der Waals surface area contributed by atoms with Gasteiger partial charge in [-0.3, -0.25) is 5.10 Å². The summed E-state index contributed by atoms with van der Waals surface area (Å²) in [5, 5.41) is 25.5. The minimum absolute atomic E-state index is 0.0833. The fraction of sp³-hybridized carbons (Fsp3) is 0.0588. The molecule has 0 spiro atoms. The fourth-order valence-corrected chi connectivity index (χ4v) is 2.12. The van der Waals surface area contributed by atoms with Gasteiger partial charge in [0.05, 0.1) is 6.20 Å². The third kappa shape index (κ3) is 3.46. The minimum atomic E-state index is -1.09. The number of carboxylic acid groups (broad SMARTS) is 1.